The molecule has 2 saturated heterocycles. The van der Waals surface area contributed by atoms with E-state index in [1.54, 1.807) is 12.3 Å². The topological polar surface area (TPSA) is 51.7 Å². The smallest absolute Gasteiger partial charge is 0.255 e. The van der Waals surface area contributed by atoms with Crippen LogP contribution in [0.15, 0.2) is 12.3 Å². The number of hydrogen-bond donors (Lipinski definition) is 1. The molecular formula is C19H30ClN5O. The van der Waals surface area contributed by atoms with Crippen LogP contribution in [0.1, 0.15) is 36.5 Å². The monoisotopic (exact) mass is 379 g/mol. The highest BCUT2D eigenvalue weighted by atomic mass is 35.5. The van der Waals surface area contributed by atoms with Crippen LogP contribution >= 0.6 is 11.6 Å². The average molecular weight is 380 g/mol. The molecule has 3 heterocycles. The molecule has 1 amide bonds. The Morgan fingerprint density at radius 2 is 1.88 bits per heavy atom. The summed E-state index contributed by atoms with van der Waals surface area (Å²) in [5.74, 6) is 0.694. The van der Waals surface area contributed by atoms with Crippen LogP contribution in [0.3, 0.4) is 0 Å². The number of nitrogens with one attached hydrogen (secondary N) is 1. The van der Waals surface area contributed by atoms with Gasteiger partial charge in [0.05, 0.1) is 10.6 Å². The van der Waals surface area contributed by atoms with Crippen molar-refractivity contribution in [2.45, 2.75) is 32.2 Å². The number of hydrogen-bond acceptors (Lipinski definition) is 5. The molecule has 1 aromatic heterocycles. The number of likely N-dealkylation sites (tertiary alicyclic amines) is 1. The van der Waals surface area contributed by atoms with Crippen molar-refractivity contribution in [2.24, 2.45) is 0 Å². The summed E-state index contributed by atoms with van der Waals surface area (Å²) in [6, 6.07) is 2.16. The van der Waals surface area contributed by atoms with Crippen molar-refractivity contribution in [2.75, 3.05) is 58.2 Å². The Balaban J connectivity index is 1.55. The second-order valence-corrected chi connectivity index (χ2v) is 7.88. The first-order chi connectivity index (χ1) is 12.5. The van der Waals surface area contributed by atoms with Crippen molar-refractivity contribution in [1.82, 2.24) is 19.7 Å². The number of aromatic nitrogens is 1. The highest BCUT2D eigenvalue weighted by Gasteiger charge is 2.21. The minimum absolute atomic E-state index is 0.0384. The standard InChI is InChI=1S/C19H30ClN5O/c1-15(24-10-8-23(2)9-11-24)13-21-18-17(20)12-16(14-22-18)19(26)25-6-4-3-5-7-25/h12,14-15H,3-11,13H2,1-2H3,(H,21,22). The van der Waals surface area contributed by atoms with Crippen LogP contribution in [0.25, 0.3) is 0 Å². The third kappa shape index (κ3) is 4.87. The Morgan fingerprint density at radius 1 is 1.19 bits per heavy atom. The van der Waals surface area contributed by atoms with Crippen molar-refractivity contribution >= 4 is 23.3 Å². The van der Waals surface area contributed by atoms with Crippen molar-refractivity contribution in [1.29, 1.82) is 0 Å². The van der Waals surface area contributed by atoms with E-state index in [-0.39, 0.29) is 5.91 Å². The first-order valence-corrected chi connectivity index (χ1v) is 10.0. The van der Waals surface area contributed by atoms with Crippen LogP contribution < -0.4 is 5.32 Å². The van der Waals surface area contributed by atoms with E-state index in [0.29, 0.717) is 22.4 Å². The van der Waals surface area contributed by atoms with E-state index in [0.717, 1.165) is 58.7 Å². The van der Waals surface area contributed by atoms with E-state index < -0.39 is 0 Å². The molecule has 2 aliphatic heterocycles. The minimum Gasteiger partial charge on any atom is -0.367 e. The first-order valence-electron chi connectivity index (χ1n) is 9.66. The number of piperidine rings is 1. The SMILES string of the molecule is CC(CNc1ncc(C(=O)N2CCCCC2)cc1Cl)N1CCN(C)CC1. The summed E-state index contributed by atoms with van der Waals surface area (Å²) in [7, 11) is 2.16. The van der Waals surface area contributed by atoms with E-state index in [1.807, 2.05) is 4.90 Å². The van der Waals surface area contributed by atoms with Gasteiger partial charge < -0.3 is 15.1 Å². The summed E-state index contributed by atoms with van der Waals surface area (Å²) in [5, 5.41) is 3.86. The molecule has 6 nitrogen and oxygen atoms in total. The van der Waals surface area contributed by atoms with Gasteiger partial charge in [-0.2, -0.15) is 0 Å². The van der Waals surface area contributed by atoms with Crippen LogP contribution in [0.2, 0.25) is 5.02 Å². The molecule has 1 aromatic rings. The van der Waals surface area contributed by atoms with Crippen LogP contribution in [-0.2, 0) is 0 Å². The zero-order chi connectivity index (χ0) is 18.5. The van der Waals surface area contributed by atoms with Gasteiger partial charge in [0.25, 0.3) is 5.91 Å². The van der Waals surface area contributed by atoms with E-state index >= 15 is 0 Å². The number of carbonyl (C=O) groups excluding carboxylic acids is 1. The molecule has 0 radical (unpaired) electrons. The van der Waals surface area contributed by atoms with Crippen LogP contribution in [0.4, 0.5) is 5.82 Å². The molecule has 26 heavy (non-hydrogen) atoms. The van der Waals surface area contributed by atoms with Gasteiger partial charge in [0.15, 0.2) is 0 Å². The Bertz CT molecular complexity index is 612. The lowest BCUT2D eigenvalue weighted by Gasteiger charge is -2.36. The number of halogens is 1. The molecule has 0 aromatic carbocycles. The maximum Gasteiger partial charge on any atom is 0.255 e. The molecule has 2 aliphatic rings. The molecule has 1 N–H and O–H groups in total. The van der Waals surface area contributed by atoms with Gasteiger partial charge in [0.1, 0.15) is 5.82 Å². The Labute approximate surface area is 161 Å². The number of carbonyl (C=O) groups is 1. The maximum atomic E-state index is 12.6. The third-order valence-electron chi connectivity index (χ3n) is 5.46. The van der Waals surface area contributed by atoms with Gasteiger partial charge in [-0.05, 0) is 39.3 Å². The Morgan fingerprint density at radius 3 is 2.54 bits per heavy atom. The predicted octanol–water partition coefficient (Wildman–Crippen LogP) is 2.41. The van der Waals surface area contributed by atoms with Crippen molar-refractivity contribution in [3.8, 4) is 0 Å². The molecule has 1 atom stereocenters. The zero-order valence-electron chi connectivity index (χ0n) is 15.9. The Hall–Kier alpha value is -1.37. The van der Waals surface area contributed by atoms with Crippen LogP contribution in [0.5, 0.6) is 0 Å². The first kappa shape index (κ1) is 19.4. The fraction of sp³-hybridized carbons (Fsp3) is 0.684. The summed E-state index contributed by atoms with van der Waals surface area (Å²) in [4.78, 5) is 23.7. The lowest BCUT2D eigenvalue weighted by Crippen LogP contribution is -2.49. The highest BCUT2D eigenvalue weighted by molar-refractivity contribution is 6.33. The summed E-state index contributed by atoms with van der Waals surface area (Å²) >= 11 is 6.38. The third-order valence-corrected chi connectivity index (χ3v) is 5.75. The van der Waals surface area contributed by atoms with E-state index in [4.69, 9.17) is 11.6 Å². The summed E-state index contributed by atoms with van der Waals surface area (Å²) in [5.41, 5.74) is 0.578. The summed E-state index contributed by atoms with van der Waals surface area (Å²) in [6.45, 7) is 9.06. The van der Waals surface area contributed by atoms with Crippen molar-refractivity contribution in [3.05, 3.63) is 22.8 Å². The highest BCUT2D eigenvalue weighted by Crippen LogP contribution is 2.22. The van der Waals surface area contributed by atoms with Gasteiger partial charge in [0, 0.05) is 58.1 Å². The van der Waals surface area contributed by atoms with Gasteiger partial charge in [-0.25, -0.2) is 4.98 Å². The second-order valence-electron chi connectivity index (χ2n) is 7.48. The minimum atomic E-state index is 0.0384. The number of anilines is 1. The zero-order valence-corrected chi connectivity index (χ0v) is 16.6. The quantitative estimate of drug-likeness (QED) is 0.851. The van der Waals surface area contributed by atoms with Crippen molar-refractivity contribution in [3.63, 3.8) is 0 Å². The van der Waals surface area contributed by atoms with E-state index in [9.17, 15) is 4.79 Å². The second kappa shape index (κ2) is 9.02. The number of nitrogens with zero attached hydrogens (tertiary/aromatic N) is 4. The van der Waals surface area contributed by atoms with Gasteiger partial charge in [0.2, 0.25) is 0 Å². The molecule has 3 rings (SSSR count). The molecule has 144 valence electrons. The summed E-state index contributed by atoms with van der Waals surface area (Å²) < 4.78 is 0. The van der Waals surface area contributed by atoms with Gasteiger partial charge in [-0.3, -0.25) is 9.69 Å². The lowest BCUT2D eigenvalue weighted by atomic mass is 10.1. The molecule has 2 fully saturated rings. The number of pyridine rings is 1. The number of likely N-dealkylation sites (N-methyl/N-ethyl adjacent to an activating group) is 1. The average Bonchev–Trinajstić information content (AvgIpc) is 2.67. The Kier molecular flexibility index (Phi) is 6.73. The molecule has 1 unspecified atom stereocenters. The largest absolute Gasteiger partial charge is 0.367 e. The molecule has 7 heteroatoms. The molecule has 0 bridgehead atoms. The summed E-state index contributed by atoms with van der Waals surface area (Å²) in [6.07, 6.45) is 5.01. The number of piperazine rings is 1. The number of amides is 1. The fourth-order valence-corrected chi connectivity index (χ4v) is 3.83. The van der Waals surface area contributed by atoms with Crippen LogP contribution in [-0.4, -0.2) is 84.5 Å². The van der Waals surface area contributed by atoms with Gasteiger partial charge in [-0.1, -0.05) is 11.6 Å². The maximum absolute atomic E-state index is 12.6. The molecule has 0 saturated carbocycles. The van der Waals surface area contributed by atoms with E-state index in [1.165, 1.54) is 6.42 Å². The van der Waals surface area contributed by atoms with Crippen molar-refractivity contribution < 1.29 is 4.79 Å². The van der Waals surface area contributed by atoms with E-state index in [2.05, 4.69) is 34.1 Å². The lowest BCUT2D eigenvalue weighted by molar-refractivity contribution is 0.0724. The molecule has 0 aliphatic carbocycles. The molecule has 0 spiro atoms. The molecular weight excluding hydrogens is 350 g/mol. The number of rotatable bonds is 5. The van der Waals surface area contributed by atoms with Gasteiger partial charge in [-0.15, -0.1) is 0 Å². The van der Waals surface area contributed by atoms with Gasteiger partial charge >= 0.3 is 0 Å². The van der Waals surface area contributed by atoms with Crippen LogP contribution in [0, 0.1) is 0 Å². The fourth-order valence-electron chi connectivity index (χ4n) is 3.60. The predicted molar refractivity (Wildman–Crippen MR) is 106 cm³/mol. The normalized spacial score (nSPS) is 20.8.